The van der Waals surface area contributed by atoms with Crippen molar-refractivity contribution >= 4 is 23.3 Å². The molecule has 0 bridgehead atoms. The number of nitro groups is 1. The molecule has 6 nitrogen and oxygen atoms in total. The predicted octanol–water partition coefficient (Wildman–Crippen LogP) is 3.03. The van der Waals surface area contributed by atoms with Gasteiger partial charge in [0, 0.05) is 4.90 Å². The molecule has 1 aromatic heterocycles. The lowest BCUT2D eigenvalue weighted by Gasteiger charge is -2.07. The summed E-state index contributed by atoms with van der Waals surface area (Å²) in [5, 5.41) is 14.4. The van der Waals surface area contributed by atoms with Gasteiger partial charge in [-0.2, -0.15) is 18.3 Å². The lowest BCUT2D eigenvalue weighted by molar-refractivity contribution is -0.384. The van der Waals surface area contributed by atoms with E-state index >= 15 is 0 Å². The molecule has 112 valence electrons. The molecule has 0 aliphatic carbocycles. The van der Waals surface area contributed by atoms with E-state index in [4.69, 9.17) is 5.73 Å². The van der Waals surface area contributed by atoms with Crippen LogP contribution in [0.2, 0.25) is 0 Å². The standard InChI is InChI=1S/C11H9F3N4O2S/c12-11(13,14)21-8-3-1-7(2-4-8)6-17-10(15)9(5-16-17)18(19)20/h1-5H,6,15H2. The Balaban J connectivity index is 2.12. The van der Waals surface area contributed by atoms with Gasteiger partial charge in [0.1, 0.15) is 6.20 Å². The molecule has 2 aromatic rings. The van der Waals surface area contributed by atoms with Gasteiger partial charge >= 0.3 is 11.2 Å². The third kappa shape index (κ3) is 3.88. The van der Waals surface area contributed by atoms with Gasteiger partial charge < -0.3 is 5.73 Å². The number of nitrogens with zero attached hydrogens (tertiary/aromatic N) is 3. The van der Waals surface area contributed by atoms with Crippen LogP contribution in [0, 0.1) is 10.1 Å². The summed E-state index contributed by atoms with van der Waals surface area (Å²) in [5.74, 6) is -0.103. The summed E-state index contributed by atoms with van der Waals surface area (Å²) < 4.78 is 37.8. The first kappa shape index (κ1) is 15.2. The molecule has 0 spiro atoms. The maximum absolute atomic E-state index is 12.2. The van der Waals surface area contributed by atoms with E-state index in [1.807, 2.05) is 0 Å². The number of thioether (sulfide) groups is 1. The third-order valence-corrected chi connectivity index (χ3v) is 3.29. The van der Waals surface area contributed by atoms with Crippen molar-refractivity contribution in [3.05, 3.63) is 46.1 Å². The zero-order chi connectivity index (χ0) is 15.6. The molecule has 1 heterocycles. The minimum atomic E-state index is -4.34. The van der Waals surface area contributed by atoms with E-state index in [0.717, 1.165) is 6.20 Å². The van der Waals surface area contributed by atoms with Crippen LogP contribution in [-0.4, -0.2) is 20.2 Å². The topological polar surface area (TPSA) is 87.0 Å². The van der Waals surface area contributed by atoms with Gasteiger partial charge in [0.15, 0.2) is 0 Å². The molecular formula is C11H9F3N4O2S. The Labute approximate surface area is 120 Å². The van der Waals surface area contributed by atoms with Gasteiger partial charge in [-0.05, 0) is 29.5 Å². The van der Waals surface area contributed by atoms with Gasteiger partial charge in [-0.15, -0.1) is 0 Å². The number of nitrogen functional groups attached to an aromatic ring is 1. The molecule has 0 aliphatic rings. The molecule has 0 atom stereocenters. The number of aromatic nitrogens is 2. The highest BCUT2D eigenvalue weighted by Crippen LogP contribution is 2.36. The summed E-state index contributed by atoms with van der Waals surface area (Å²) in [4.78, 5) is 10.0. The largest absolute Gasteiger partial charge is 0.446 e. The normalized spacial score (nSPS) is 11.6. The summed E-state index contributed by atoms with van der Waals surface area (Å²) in [5.41, 5.74) is 1.56. The molecule has 0 radical (unpaired) electrons. The SMILES string of the molecule is Nc1c([N+](=O)[O-])cnn1Cc1ccc(SC(F)(F)F)cc1. The molecule has 0 aliphatic heterocycles. The first-order valence-corrected chi connectivity index (χ1v) is 6.38. The molecule has 0 fully saturated rings. The Morgan fingerprint density at radius 2 is 1.95 bits per heavy atom. The van der Waals surface area contributed by atoms with E-state index in [9.17, 15) is 23.3 Å². The van der Waals surface area contributed by atoms with Crippen LogP contribution >= 0.6 is 11.8 Å². The Morgan fingerprint density at radius 1 is 1.33 bits per heavy atom. The molecule has 0 saturated carbocycles. The molecule has 0 saturated heterocycles. The molecule has 0 unspecified atom stereocenters. The number of benzene rings is 1. The number of halogens is 3. The van der Waals surface area contributed by atoms with Crippen molar-refractivity contribution in [2.45, 2.75) is 16.9 Å². The molecule has 0 amide bonds. The maximum atomic E-state index is 12.2. The van der Waals surface area contributed by atoms with Crippen LogP contribution in [0.15, 0.2) is 35.4 Å². The quantitative estimate of drug-likeness (QED) is 0.532. The number of hydrogen-bond acceptors (Lipinski definition) is 5. The molecule has 21 heavy (non-hydrogen) atoms. The van der Waals surface area contributed by atoms with Crippen molar-refractivity contribution in [2.75, 3.05) is 5.73 Å². The van der Waals surface area contributed by atoms with Gasteiger partial charge in [0.05, 0.1) is 11.5 Å². The summed E-state index contributed by atoms with van der Waals surface area (Å²) in [6.07, 6.45) is 1.03. The molecule has 2 N–H and O–H groups in total. The van der Waals surface area contributed by atoms with Crippen molar-refractivity contribution in [3.8, 4) is 0 Å². The lowest BCUT2D eigenvalue weighted by atomic mass is 10.2. The maximum Gasteiger partial charge on any atom is 0.446 e. The number of rotatable bonds is 4. The van der Waals surface area contributed by atoms with E-state index in [0.29, 0.717) is 5.56 Å². The minimum absolute atomic E-state index is 0.0608. The second-order valence-corrected chi connectivity index (χ2v) is 5.16. The fourth-order valence-electron chi connectivity index (χ4n) is 1.62. The van der Waals surface area contributed by atoms with Crippen LogP contribution in [0.1, 0.15) is 5.56 Å². The van der Waals surface area contributed by atoms with E-state index in [2.05, 4.69) is 5.10 Å². The van der Waals surface area contributed by atoms with Crippen LogP contribution in [0.4, 0.5) is 24.7 Å². The monoisotopic (exact) mass is 318 g/mol. The number of hydrogen-bond donors (Lipinski definition) is 1. The summed E-state index contributed by atoms with van der Waals surface area (Å²) >= 11 is -0.210. The van der Waals surface area contributed by atoms with Gasteiger partial charge in [-0.1, -0.05) is 12.1 Å². The van der Waals surface area contributed by atoms with Gasteiger partial charge in [0.2, 0.25) is 5.82 Å². The summed E-state index contributed by atoms with van der Waals surface area (Å²) in [6, 6.07) is 5.62. The lowest BCUT2D eigenvalue weighted by Crippen LogP contribution is -2.06. The second-order valence-electron chi connectivity index (χ2n) is 4.02. The van der Waals surface area contributed by atoms with Crippen LogP contribution in [0.3, 0.4) is 0 Å². The summed E-state index contributed by atoms with van der Waals surface area (Å²) in [6.45, 7) is 0.136. The third-order valence-electron chi connectivity index (χ3n) is 2.55. The first-order valence-electron chi connectivity index (χ1n) is 5.56. The zero-order valence-corrected chi connectivity index (χ0v) is 11.2. The van der Waals surface area contributed by atoms with E-state index in [-0.39, 0.29) is 34.7 Å². The Morgan fingerprint density at radius 3 is 2.43 bits per heavy atom. The predicted molar refractivity (Wildman–Crippen MR) is 70.7 cm³/mol. The minimum Gasteiger partial charge on any atom is -0.378 e. The average Bonchev–Trinajstić information content (AvgIpc) is 2.72. The van der Waals surface area contributed by atoms with Crippen molar-refractivity contribution in [3.63, 3.8) is 0 Å². The summed E-state index contributed by atoms with van der Waals surface area (Å²) in [7, 11) is 0. The van der Waals surface area contributed by atoms with E-state index in [1.54, 1.807) is 0 Å². The van der Waals surface area contributed by atoms with Gasteiger partial charge in [0.25, 0.3) is 0 Å². The number of alkyl halides is 3. The van der Waals surface area contributed by atoms with Crippen LogP contribution < -0.4 is 5.73 Å². The Bertz CT molecular complexity index is 654. The smallest absolute Gasteiger partial charge is 0.378 e. The van der Waals surface area contributed by atoms with Crippen LogP contribution in [0.5, 0.6) is 0 Å². The highest BCUT2D eigenvalue weighted by atomic mass is 32.2. The molecule has 1 aromatic carbocycles. The average molecular weight is 318 g/mol. The number of anilines is 1. The Hall–Kier alpha value is -2.23. The zero-order valence-electron chi connectivity index (χ0n) is 10.4. The van der Waals surface area contributed by atoms with E-state index < -0.39 is 10.4 Å². The first-order chi connectivity index (χ1) is 9.76. The van der Waals surface area contributed by atoms with Crippen molar-refractivity contribution in [1.29, 1.82) is 0 Å². The molecule has 10 heteroatoms. The molecular weight excluding hydrogens is 309 g/mol. The van der Waals surface area contributed by atoms with Gasteiger partial charge in [-0.25, -0.2) is 4.68 Å². The van der Waals surface area contributed by atoms with Gasteiger partial charge in [-0.3, -0.25) is 10.1 Å². The highest BCUT2D eigenvalue weighted by Gasteiger charge is 2.29. The molecule has 2 rings (SSSR count). The van der Waals surface area contributed by atoms with Crippen LogP contribution in [0.25, 0.3) is 0 Å². The van der Waals surface area contributed by atoms with Crippen molar-refractivity contribution in [2.24, 2.45) is 0 Å². The van der Waals surface area contributed by atoms with Crippen LogP contribution in [-0.2, 0) is 6.54 Å². The van der Waals surface area contributed by atoms with Crippen molar-refractivity contribution < 1.29 is 18.1 Å². The highest BCUT2D eigenvalue weighted by molar-refractivity contribution is 8.00. The number of nitrogens with two attached hydrogens (primary N) is 1. The fourth-order valence-corrected chi connectivity index (χ4v) is 2.16. The van der Waals surface area contributed by atoms with Crippen molar-refractivity contribution in [1.82, 2.24) is 9.78 Å². The van der Waals surface area contributed by atoms with E-state index in [1.165, 1.54) is 28.9 Å². The second kappa shape index (κ2) is 5.64. The fraction of sp³-hybridized carbons (Fsp3) is 0.182. The Kier molecular flexibility index (Phi) is 4.07.